The van der Waals surface area contributed by atoms with Gasteiger partial charge in [0.2, 0.25) is 5.82 Å². The van der Waals surface area contributed by atoms with Crippen LogP contribution in [0.5, 0.6) is 5.75 Å². The van der Waals surface area contributed by atoms with Crippen molar-refractivity contribution in [3.63, 3.8) is 0 Å². The first-order valence-electron chi connectivity index (χ1n) is 11.1. The summed E-state index contributed by atoms with van der Waals surface area (Å²) in [5.41, 5.74) is 7.32. The Hall–Kier alpha value is -3.37. The number of likely N-dealkylation sites (tertiary alicyclic amines) is 1. The minimum atomic E-state index is -4.65. The Labute approximate surface area is 204 Å². The van der Waals surface area contributed by atoms with Crippen LogP contribution in [0, 0.1) is 0 Å². The number of nitrogen functional groups attached to an aromatic ring is 1. The number of nitrogens with zero attached hydrogens (tertiary/aromatic N) is 5. The Balaban J connectivity index is 1.27. The molecule has 4 aromatic rings. The summed E-state index contributed by atoms with van der Waals surface area (Å²) < 4.78 is 48.1. The van der Waals surface area contributed by atoms with Crippen molar-refractivity contribution in [3.05, 3.63) is 71.3 Å². The molecule has 0 atom stereocenters. The van der Waals surface area contributed by atoms with Crippen molar-refractivity contribution in [2.24, 2.45) is 0 Å². The lowest BCUT2D eigenvalue weighted by Crippen LogP contribution is -2.37. The van der Waals surface area contributed by atoms with Gasteiger partial charge >= 0.3 is 6.18 Å². The molecule has 1 aromatic carbocycles. The SMILES string of the molecule is Nc1cc(CN2CCC(Oc3ccc(-n4c(C(F)(F)F)nc5cc(Cl)cnc54)cc3)CC2)ccn1. The van der Waals surface area contributed by atoms with Gasteiger partial charge in [0.25, 0.3) is 0 Å². The number of rotatable bonds is 5. The molecular formula is C24H22ClF3N6O. The molecule has 1 aliphatic rings. The molecule has 0 unspecified atom stereocenters. The van der Waals surface area contributed by atoms with Crippen LogP contribution in [0.4, 0.5) is 19.0 Å². The number of ether oxygens (including phenoxy) is 1. The number of fused-ring (bicyclic) bond motifs is 1. The van der Waals surface area contributed by atoms with Gasteiger partial charge in [-0.25, -0.2) is 15.0 Å². The van der Waals surface area contributed by atoms with E-state index in [4.69, 9.17) is 22.1 Å². The molecule has 0 spiro atoms. The molecule has 3 aromatic heterocycles. The minimum absolute atomic E-state index is 0.0308. The fourth-order valence-corrected chi connectivity index (χ4v) is 4.43. The van der Waals surface area contributed by atoms with Crippen molar-refractivity contribution in [2.45, 2.75) is 31.7 Å². The maximum absolute atomic E-state index is 13.7. The van der Waals surface area contributed by atoms with E-state index in [1.807, 2.05) is 12.1 Å². The Morgan fingerprint density at radius 2 is 1.80 bits per heavy atom. The molecule has 7 nitrogen and oxygen atoms in total. The highest BCUT2D eigenvalue weighted by Gasteiger charge is 2.38. The molecule has 182 valence electrons. The zero-order valence-corrected chi connectivity index (χ0v) is 19.3. The van der Waals surface area contributed by atoms with Crippen LogP contribution in [0.15, 0.2) is 54.9 Å². The number of nitrogens with two attached hydrogens (primary N) is 1. The standard InChI is InChI=1S/C24H22ClF3N6O/c25-16-12-20-22(31-13-16)34(23(32-20)24(26,27)28)17-1-3-18(4-2-17)35-19-6-9-33(10-7-19)14-15-5-8-30-21(29)11-15/h1-5,8,11-13,19H,6-7,9-10,14H2,(H2,29,30). The average Bonchev–Trinajstić information content (AvgIpc) is 3.20. The summed E-state index contributed by atoms with van der Waals surface area (Å²) in [6.07, 6.45) is 0.0748. The highest BCUT2D eigenvalue weighted by Crippen LogP contribution is 2.34. The number of benzene rings is 1. The van der Waals surface area contributed by atoms with Gasteiger partial charge < -0.3 is 10.5 Å². The van der Waals surface area contributed by atoms with E-state index >= 15 is 0 Å². The number of alkyl halides is 3. The van der Waals surface area contributed by atoms with Gasteiger partial charge in [0, 0.05) is 37.7 Å². The lowest BCUT2D eigenvalue weighted by atomic mass is 10.1. The van der Waals surface area contributed by atoms with Crippen LogP contribution in [0.3, 0.4) is 0 Å². The van der Waals surface area contributed by atoms with Crippen LogP contribution < -0.4 is 10.5 Å². The second-order valence-corrected chi connectivity index (χ2v) is 8.88. The second kappa shape index (κ2) is 9.35. The molecule has 1 aliphatic heterocycles. The third-order valence-corrected chi connectivity index (χ3v) is 6.11. The summed E-state index contributed by atoms with van der Waals surface area (Å²) in [7, 11) is 0. The molecule has 1 fully saturated rings. The van der Waals surface area contributed by atoms with Crippen LogP contribution in [0.2, 0.25) is 5.02 Å². The summed E-state index contributed by atoms with van der Waals surface area (Å²) >= 11 is 5.89. The highest BCUT2D eigenvalue weighted by molar-refractivity contribution is 6.31. The third-order valence-electron chi connectivity index (χ3n) is 5.90. The van der Waals surface area contributed by atoms with Gasteiger partial charge in [0.1, 0.15) is 23.2 Å². The van der Waals surface area contributed by atoms with Gasteiger partial charge in [-0.15, -0.1) is 0 Å². The van der Waals surface area contributed by atoms with E-state index < -0.39 is 12.0 Å². The van der Waals surface area contributed by atoms with Gasteiger partial charge in [0.05, 0.1) is 5.02 Å². The molecule has 0 saturated carbocycles. The normalized spacial score (nSPS) is 15.5. The molecule has 4 heterocycles. The largest absolute Gasteiger partial charge is 0.490 e. The number of imidazole rings is 1. The maximum Gasteiger partial charge on any atom is 0.450 e. The predicted molar refractivity (Wildman–Crippen MR) is 126 cm³/mol. The fourth-order valence-electron chi connectivity index (χ4n) is 4.28. The molecule has 0 aliphatic carbocycles. The fraction of sp³-hybridized carbons (Fsp3) is 0.292. The number of aromatic nitrogens is 4. The highest BCUT2D eigenvalue weighted by atomic mass is 35.5. The van der Waals surface area contributed by atoms with Gasteiger partial charge in [0.15, 0.2) is 5.65 Å². The Morgan fingerprint density at radius 3 is 2.49 bits per heavy atom. The first-order chi connectivity index (χ1) is 16.8. The first-order valence-corrected chi connectivity index (χ1v) is 11.4. The van der Waals surface area contributed by atoms with Crippen molar-refractivity contribution < 1.29 is 17.9 Å². The van der Waals surface area contributed by atoms with E-state index in [1.54, 1.807) is 30.5 Å². The molecule has 5 rings (SSSR count). The number of hydrogen-bond donors (Lipinski definition) is 1. The predicted octanol–water partition coefficient (Wildman–Crippen LogP) is 5.11. The van der Waals surface area contributed by atoms with Crippen LogP contribution in [0.1, 0.15) is 24.2 Å². The molecular weight excluding hydrogens is 481 g/mol. The minimum Gasteiger partial charge on any atom is -0.490 e. The summed E-state index contributed by atoms with van der Waals surface area (Å²) in [5, 5.41) is 0.218. The Kier molecular flexibility index (Phi) is 6.24. The van der Waals surface area contributed by atoms with E-state index in [-0.39, 0.29) is 28.0 Å². The molecule has 11 heteroatoms. The number of hydrogen-bond acceptors (Lipinski definition) is 6. The van der Waals surface area contributed by atoms with Crippen LogP contribution in [0.25, 0.3) is 16.9 Å². The maximum atomic E-state index is 13.7. The van der Waals surface area contributed by atoms with Crippen molar-refractivity contribution in [2.75, 3.05) is 18.8 Å². The van der Waals surface area contributed by atoms with Crippen molar-refractivity contribution in [1.82, 2.24) is 24.4 Å². The van der Waals surface area contributed by atoms with Gasteiger partial charge in [-0.1, -0.05) is 11.6 Å². The van der Waals surface area contributed by atoms with E-state index in [0.717, 1.165) is 42.6 Å². The number of halogens is 4. The summed E-state index contributed by atoms with van der Waals surface area (Å²) in [5.74, 6) is 0.0529. The zero-order valence-electron chi connectivity index (χ0n) is 18.5. The zero-order chi connectivity index (χ0) is 24.6. The lowest BCUT2D eigenvalue weighted by Gasteiger charge is -2.32. The smallest absolute Gasteiger partial charge is 0.450 e. The Morgan fingerprint density at radius 1 is 1.06 bits per heavy atom. The molecule has 35 heavy (non-hydrogen) atoms. The van der Waals surface area contributed by atoms with E-state index in [1.165, 1.54) is 12.3 Å². The number of piperidine rings is 1. The first kappa shape index (κ1) is 23.4. The van der Waals surface area contributed by atoms with Crippen molar-refractivity contribution >= 4 is 28.6 Å². The average molecular weight is 503 g/mol. The molecule has 0 bridgehead atoms. The van der Waals surface area contributed by atoms with E-state index in [0.29, 0.717) is 11.6 Å². The lowest BCUT2D eigenvalue weighted by molar-refractivity contribution is -0.145. The monoisotopic (exact) mass is 502 g/mol. The van der Waals surface area contributed by atoms with Gasteiger partial charge in [-0.3, -0.25) is 9.47 Å². The third kappa shape index (κ3) is 5.18. The topological polar surface area (TPSA) is 82.1 Å². The quantitative estimate of drug-likeness (QED) is 0.408. The van der Waals surface area contributed by atoms with Crippen LogP contribution in [-0.2, 0) is 12.7 Å². The molecule has 2 N–H and O–H groups in total. The summed E-state index contributed by atoms with van der Waals surface area (Å²) in [6, 6.07) is 11.7. The summed E-state index contributed by atoms with van der Waals surface area (Å²) in [6.45, 7) is 2.54. The van der Waals surface area contributed by atoms with E-state index in [9.17, 15) is 13.2 Å². The second-order valence-electron chi connectivity index (χ2n) is 8.44. The number of anilines is 1. The van der Waals surface area contributed by atoms with Crippen molar-refractivity contribution in [3.8, 4) is 11.4 Å². The van der Waals surface area contributed by atoms with Crippen molar-refractivity contribution in [1.29, 1.82) is 0 Å². The molecule has 0 radical (unpaired) electrons. The molecule has 1 saturated heterocycles. The van der Waals surface area contributed by atoms with Gasteiger partial charge in [-0.05, 0) is 60.9 Å². The van der Waals surface area contributed by atoms with Crippen LogP contribution >= 0.6 is 11.6 Å². The molecule has 0 amide bonds. The number of pyridine rings is 2. The Bertz CT molecular complexity index is 1330. The van der Waals surface area contributed by atoms with Crippen LogP contribution in [-0.4, -0.2) is 43.6 Å². The summed E-state index contributed by atoms with van der Waals surface area (Å²) in [4.78, 5) is 14.1. The van der Waals surface area contributed by atoms with E-state index in [2.05, 4.69) is 19.9 Å². The van der Waals surface area contributed by atoms with Gasteiger partial charge in [-0.2, -0.15) is 13.2 Å².